The van der Waals surface area contributed by atoms with E-state index in [0.717, 1.165) is 25.2 Å². The Hall–Kier alpha value is -2.63. The third-order valence-electron chi connectivity index (χ3n) is 4.79. The molecule has 1 heterocycles. The standard InChI is InChI=1S/C21H25F2N3O/c1-21(2,3)16-6-4-5-7-19(16)25-10-12-26(13-11-25)20(27)24-15-8-9-17(22)18(23)14-15/h4-9,14H,10-13H2,1-3H3,(H,24,27). The van der Waals surface area contributed by atoms with Crippen LogP contribution in [0.4, 0.5) is 25.0 Å². The van der Waals surface area contributed by atoms with Gasteiger partial charge in [-0.25, -0.2) is 13.6 Å². The Morgan fingerprint density at radius 3 is 2.26 bits per heavy atom. The van der Waals surface area contributed by atoms with E-state index in [2.05, 4.69) is 49.2 Å². The van der Waals surface area contributed by atoms with Crippen molar-refractivity contribution in [1.82, 2.24) is 4.90 Å². The number of amides is 2. The lowest BCUT2D eigenvalue weighted by Gasteiger charge is -2.38. The van der Waals surface area contributed by atoms with E-state index in [4.69, 9.17) is 0 Å². The average Bonchev–Trinajstić information content (AvgIpc) is 2.64. The third-order valence-corrected chi connectivity index (χ3v) is 4.79. The Bertz CT molecular complexity index is 824. The molecule has 3 rings (SSSR count). The number of nitrogens with one attached hydrogen (secondary N) is 1. The molecule has 1 aliphatic heterocycles. The zero-order valence-electron chi connectivity index (χ0n) is 15.9. The Balaban J connectivity index is 1.64. The van der Waals surface area contributed by atoms with Gasteiger partial charge in [0.05, 0.1) is 0 Å². The molecule has 0 unspecified atom stereocenters. The SMILES string of the molecule is CC(C)(C)c1ccccc1N1CCN(C(=O)Nc2ccc(F)c(F)c2)CC1. The molecule has 2 amide bonds. The van der Waals surface area contributed by atoms with E-state index in [1.54, 1.807) is 4.90 Å². The highest BCUT2D eigenvalue weighted by Gasteiger charge is 2.25. The summed E-state index contributed by atoms with van der Waals surface area (Å²) < 4.78 is 26.3. The molecule has 27 heavy (non-hydrogen) atoms. The van der Waals surface area contributed by atoms with Crippen LogP contribution in [-0.2, 0) is 5.41 Å². The molecule has 1 fully saturated rings. The normalized spacial score (nSPS) is 15.0. The van der Waals surface area contributed by atoms with Crippen LogP contribution >= 0.6 is 0 Å². The fourth-order valence-corrected chi connectivity index (χ4v) is 3.31. The van der Waals surface area contributed by atoms with Crippen molar-refractivity contribution in [2.75, 3.05) is 36.4 Å². The predicted octanol–water partition coefficient (Wildman–Crippen LogP) is 4.62. The van der Waals surface area contributed by atoms with E-state index in [1.165, 1.54) is 17.3 Å². The van der Waals surface area contributed by atoms with Gasteiger partial charge in [-0.1, -0.05) is 39.0 Å². The van der Waals surface area contributed by atoms with Crippen LogP contribution in [0.15, 0.2) is 42.5 Å². The fraction of sp³-hybridized carbons (Fsp3) is 0.381. The van der Waals surface area contributed by atoms with Gasteiger partial charge in [0.1, 0.15) is 0 Å². The molecule has 2 aromatic rings. The summed E-state index contributed by atoms with van der Waals surface area (Å²) in [5.41, 5.74) is 2.77. The van der Waals surface area contributed by atoms with Crippen molar-refractivity contribution in [3.63, 3.8) is 0 Å². The van der Waals surface area contributed by atoms with Gasteiger partial charge >= 0.3 is 6.03 Å². The van der Waals surface area contributed by atoms with Gasteiger partial charge < -0.3 is 15.1 Å². The minimum atomic E-state index is -0.976. The van der Waals surface area contributed by atoms with Crippen molar-refractivity contribution >= 4 is 17.4 Å². The van der Waals surface area contributed by atoms with Crippen molar-refractivity contribution in [1.29, 1.82) is 0 Å². The van der Waals surface area contributed by atoms with Crippen LogP contribution in [0.5, 0.6) is 0 Å². The smallest absolute Gasteiger partial charge is 0.321 e. The highest BCUT2D eigenvalue weighted by Crippen LogP contribution is 2.32. The van der Waals surface area contributed by atoms with Crippen LogP contribution in [0, 0.1) is 11.6 Å². The number of benzene rings is 2. The Kier molecular flexibility index (Phi) is 5.35. The van der Waals surface area contributed by atoms with E-state index in [9.17, 15) is 13.6 Å². The quantitative estimate of drug-likeness (QED) is 0.834. The molecule has 0 atom stereocenters. The molecule has 1 N–H and O–H groups in total. The summed E-state index contributed by atoms with van der Waals surface area (Å²) in [5.74, 6) is -1.91. The second-order valence-corrected chi connectivity index (χ2v) is 7.80. The van der Waals surface area contributed by atoms with Gasteiger partial charge in [0.2, 0.25) is 0 Å². The highest BCUT2D eigenvalue weighted by molar-refractivity contribution is 5.89. The summed E-state index contributed by atoms with van der Waals surface area (Å²) in [6, 6.07) is 11.4. The number of anilines is 2. The summed E-state index contributed by atoms with van der Waals surface area (Å²) in [7, 11) is 0. The van der Waals surface area contributed by atoms with E-state index in [-0.39, 0.29) is 17.1 Å². The molecule has 1 saturated heterocycles. The molecule has 2 aromatic carbocycles. The number of carbonyl (C=O) groups excluding carboxylic acids is 1. The molecule has 1 aliphatic rings. The number of halogens is 2. The molecular weight excluding hydrogens is 348 g/mol. The maximum absolute atomic E-state index is 13.3. The molecule has 4 nitrogen and oxygen atoms in total. The van der Waals surface area contributed by atoms with Crippen LogP contribution in [-0.4, -0.2) is 37.1 Å². The summed E-state index contributed by atoms with van der Waals surface area (Å²) in [5, 5.41) is 2.63. The lowest BCUT2D eigenvalue weighted by molar-refractivity contribution is 0.208. The van der Waals surface area contributed by atoms with Gasteiger partial charge in [-0.15, -0.1) is 0 Å². The molecular formula is C21H25F2N3O. The minimum absolute atomic E-state index is 0.0394. The van der Waals surface area contributed by atoms with Crippen LogP contribution in [0.3, 0.4) is 0 Å². The van der Waals surface area contributed by atoms with Crippen molar-refractivity contribution < 1.29 is 13.6 Å². The number of hydrogen-bond acceptors (Lipinski definition) is 2. The summed E-state index contributed by atoms with van der Waals surface area (Å²) >= 11 is 0. The van der Waals surface area contributed by atoms with Crippen molar-refractivity contribution in [3.8, 4) is 0 Å². The Labute approximate surface area is 158 Å². The van der Waals surface area contributed by atoms with E-state index in [1.807, 2.05) is 6.07 Å². The fourth-order valence-electron chi connectivity index (χ4n) is 3.31. The Morgan fingerprint density at radius 1 is 0.963 bits per heavy atom. The number of urea groups is 1. The predicted molar refractivity (Wildman–Crippen MR) is 104 cm³/mol. The number of para-hydroxylation sites is 1. The van der Waals surface area contributed by atoms with Crippen LogP contribution in [0.25, 0.3) is 0 Å². The average molecular weight is 373 g/mol. The monoisotopic (exact) mass is 373 g/mol. The topological polar surface area (TPSA) is 35.6 Å². The van der Waals surface area contributed by atoms with Gasteiger partial charge in [0, 0.05) is 43.6 Å². The first-order chi connectivity index (χ1) is 12.8. The van der Waals surface area contributed by atoms with Crippen LogP contribution in [0.1, 0.15) is 26.3 Å². The minimum Gasteiger partial charge on any atom is -0.368 e. The second kappa shape index (κ2) is 7.55. The third kappa shape index (κ3) is 4.38. The molecule has 0 bridgehead atoms. The largest absolute Gasteiger partial charge is 0.368 e. The summed E-state index contributed by atoms with van der Waals surface area (Å²) in [6.07, 6.45) is 0. The number of carbonyl (C=O) groups is 1. The zero-order chi connectivity index (χ0) is 19.6. The molecule has 0 saturated carbocycles. The van der Waals surface area contributed by atoms with Gasteiger partial charge in [-0.2, -0.15) is 0 Å². The number of nitrogens with zero attached hydrogens (tertiary/aromatic N) is 2. The lowest BCUT2D eigenvalue weighted by atomic mass is 9.85. The van der Waals surface area contributed by atoms with Gasteiger partial charge in [-0.05, 0) is 29.2 Å². The first-order valence-electron chi connectivity index (χ1n) is 9.11. The van der Waals surface area contributed by atoms with Gasteiger partial charge in [0.15, 0.2) is 11.6 Å². The Morgan fingerprint density at radius 2 is 1.63 bits per heavy atom. The molecule has 6 heteroatoms. The number of hydrogen-bond donors (Lipinski definition) is 1. The molecule has 0 aliphatic carbocycles. The van der Waals surface area contributed by atoms with Crippen LogP contribution < -0.4 is 10.2 Å². The number of piperazine rings is 1. The van der Waals surface area contributed by atoms with Crippen molar-refractivity contribution in [2.24, 2.45) is 0 Å². The molecule has 0 spiro atoms. The number of rotatable bonds is 2. The second-order valence-electron chi connectivity index (χ2n) is 7.80. The first kappa shape index (κ1) is 19.1. The lowest BCUT2D eigenvalue weighted by Crippen LogP contribution is -2.50. The first-order valence-corrected chi connectivity index (χ1v) is 9.11. The molecule has 0 aromatic heterocycles. The van der Waals surface area contributed by atoms with Crippen molar-refractivity contribution in [2.45, 2.75) is 26.2 Å². The highest BCUT2D eigenvalue weighted by atomic mass is 19.2. The maximum atomic E-state index is 13.3. The van der Waals surface area contributed by atoms with E-state index in [0.29, 0.717) is 13.1 Å². The van der Waals surface area contributed by atoms with E-state index < -0.39 is 11.6 Å². The maximum Gasteiger partial charge on any atom is 0.321 e. The summed E-state index contributed by atoms with van der Waals surface area (Å²) in [6.45, 7) is 9.14. The molecule has 144 valence electrons. The summed E-state index contributed by atoms with van der Waals surface area (Å²) in [4.78, 5) is 16.4. The zero-order valence-corrected chi connectivity index (χ0v) is 15.9. The van der Waals surface area contributed by atoms with Crippen LogP contribution in [0.2, 0.25) is 0 Å². The van der Waals surface area contributed by atoms with Gasteiger partial charge in [0.25, 0.3) is 0 Å². The van der Waals surface area contributed by atoms with E-state index >= 15 is 0 Å². The van der Waals surface area contributed by atoms with Gasteiger partial charge in [-0.3, -0.25) is 0 Å². The van der Waals surface area contributed by atoms with Crippen molar-refractivity contribution in [3.05, 3.63) is 59.7 Å². The molecule has 0 radical (unpaired) electrons.